The van der Waals surface area contributed by atoms with Crippen LogP contribution in [0.1, 0.15) is 10.5 Å². The molecule has 1 rings (SSSR count). The van der Waals surface area contributed by atoms with E-state index in [1.165, 1.54) is 24.6 Å². The number of amides is 2. The number of aromatic nitrogens is 1. The minimum atomic E-state index is -1.22. The molecule has 7 nitrogen and oxygen atoms in total. The van der Waals surface area contributed by atoms with Gasteiger partial charge in [-0.2, -0.15) is 0 Å². The van der Waals surface area contributed by atoms with Crippen LogP contribution < -0.4 is 10.6 Å². The van der Waals surface area contributed by atoms with Crippen molar-refractivity contribution in [3.8, 4) is 0 Å². The number of nitrogens with one attached hydrogen (secondary N) is 2. The lowest BCUT2D eigenvalue weighted by Gasteiger charge is -2.08. The third kappa shape index (κ3) is 4.50. The van der Waals surface area contributed by atoms with E-state index in [0.717, 1.165) is 0 Å². The summed E-state index contributed by atoms with van der Waals surface area (Å²) in [7, 11) is -0.989. The quantitative estimate of drug-likeness (QED) is 0.712. The summed E-state index contributed by atoms with van der Waals surface area (Å²) in [6, 6.07) is 2.40. The number of nitrogens with zero attached hydrogens (tertiary/aromatic N) is 1. The van der Waals surface area contributed by atoms with Crippen LogP contribution in [-0.2, 0) is 10.8 Å². The van der Waals surface area contributed by atoms with E-state index in [9.17, 15) is 13.8 Å². The van der Waals surface area contributed by atoms with Gasteiger partial charge in [-0.3, -0.25) is 4.21 Å². The van der Waals surface area contributed by atoms with Gasteiger partial charge >= 0.3 is 12.0 Å². The molecule has 18 heavy (non-hydrogen) atoms. The first-order valence-electron chi connectivity index (χ1n) is 5.04. The second kappa shape index (κ2) is 6.70. The van der Waals surface area contributed by atoms with Gasteiger partial charge in [-0.1, -0.05) is 0 Å². The Balaban J connectivity index is 2.59. The Morgan fingerprint density at radius 3 is 2.83 bits per heavy atom. The van der Waals surface area contributed by atoms with Gasteiger partial charge in [-0.25, -0.2) is 14.6 Å². The van der Waals surface area contributed by atoms with E-state index >= 15 is 0 Å². The highest BCUT2D eigenvalue weighted by Gasteiger charge is 2.12. The van der Waals surface area contributed by atoms with Crippen molar-refractivity contribution in [2.24, 2.45) is 0 Å². The number of carbonyl (C=O) groups is 2. The molecule has 2 amide bonds. The fraction of sp³-hybridized carbons (Fsp3) is 0.300. The molecule has 0 aliphatic heterocycles. The maximum atomic E-state index is 11.4. The summed E-state index contributed by atoms with van der Waals surface area (Å²) in [5.74, 6) is -0.882. The predicted octanol–water partition coefficient (Wildman–Crippen LogP) is 0.280. The molecule has 0 aromatic carbocycles. The molecule has 0 bridgehead atoms. The van der Waals surface area contributed by atoms with E-state index in [0.29, 0.717) is 5.75 Å². The molecule has 1 aromatic rings. The Morgan fingerprint density at radius 1 is 1.50 bits per heavy atom. The Labute approximate surface area is 106 Å². The molecule has 0 fully saturated rings. The number of rotatable bonds is 5. The van der Waals surface area contributed by atoms with Crippen molar-refractivity contribution >= 4 is 28.5 Å². The summed E-state index contributed by atoms with van der Waals surface area (Å²) in [6.45, 7) is 0.248. The van der Waals surface area contributed by atoms with Crippen LogP contribution in [0, 0.1) is 0 Å². The Kier molecular flexibility index (Phi) is 5.25. The number of aromatic carboxylic acids is 1. The largest absolute Gasteiger partial charge is 0.476 e. The normalized spacial score (nSPS) is 11.6. The minimum absolute atomic E-state index is 0.111. The van der Waals surface area contributed by atoms with E-state index in [-0.39, 0.29) is 17.9 Å². The molecule has 0 saturated heterocycles. The molecule has 8 heteroatoms. The fourth-order valence-corrected chi connectivity index (χ4v) is 1.54. The maximum Gasteiger partial charge on any atom is 0.356 e. The maximum absolute atomic E-state index is 11.4. The number of carboxylic acids is 1. The smallest absolute Gasteiger partial charge is 0.356 e. The van der Waals surface area contributed by atoms with Gasteiger partial charge in [0.1, 0.15) is 0 Å². The molecule has 0 aliphatic rings. The molecule has 1 atom stereocenters. The van der Waals surface area contributed by atoms with E-state index in [2.05, 4.69) is 15.6 Å². The average molecular weight is 271 g/mol. The van der Waals surface area contributed by atoms with Crippen LogP contribution in [0.3, 0.4) is 0 Å². The lowest BCUT2D eigenvalue weighted by atomic mass is 10.3. The molecule has 1 aromatic heterocycles. The van der Waals surface area contributed by atoms with Crippen molar-refractivity contribution in [3.05, 3.63) is 24.0 Å². The second-order valence-electron chi connectivity index (χ2n) is 3.36. The number of carboxylic acid groups (broad SMARTS) is 1. The third-order valence-corrected chi connectivity index (χ3v) is 2.71. The molecule has 0 aliphatic carbocycles. The number of hydrogen-bond donors (Lipinski definition) is 3. The van der Waals surface area contributed by atoms with Gasteiger partial charge in [0.05, 0.1) is 5.69 Å². The Morgan fingerprint density at radius 2 is 2.22 bits per heavy atom. The van der Waals surface area contributed by atoms with Crippen molar-refractivity contribution in [2.75, 3.05) is 23.9 Å². The molecule has 1 heterocycles. The highest BCUT2D eigenvalue weighted by Crippen LogP contribution is 2.11. The van der Waals surface area contributed by atoms with Gasteiger partial charge in [0.25, 0.3) is 0 Å². The van der Waals surface area contributed by atoms with Gasteiger partial charge in [0, 0.05) is 35.5 Å². The highest BCUT2D eigenvalue weighted by molar-refractivity contribution is 7.84. The molecule has 3 N–H and O–H groups in total. The van der Waals surface area contributed by atoms with Crippen molar-refractivity contribution in [3.63, 3.8) is 0 Å². The minimum Gasteiger partial charge on any atom is -0.476 e. The number of carbonyl (C=O) groups excluding carboxylic acids is 1. The second-order valence-corrected chi connectivity index (χ2v) is 4.92. The van der Waals surface area contributed by atoms with Crippen LogP contribution in [-0.4, -0.2) is 44.9 Å². The average Bonchev–Trinajstić information content (AvgIpc) is 2.28. The van der Waals surface area contributed by atoms with Crippen molar-refractivity contribution in [2.45, 2.75) is 0 Å². The summed E-state index contributed by atoms with van der Waals surface area (Å²) in [4.78, 5) is 25.9. The van der Waals surface area contributed by atoms with Crippen LogP contribution in [0.4, 0.5) is 10.5 Å². The summed E-state index contributed by atoms with van der Waals surface area (Å²) in [5, 5.41) is 13.7. The topological polar surface area (TPSA) is 108 Å². The molecule has 0 saturated carbocycles. The molecule has 0 radical (unpaired) electrons. The van der Waals surface area contributed by atoms with Crippen molar-refractivity contribution < 1.29 is 18.9 Å². The zero-order valence-electron chi connectivity index (χ0n) is 9.67. The fourth-order valence-electron chi connectivity index (χ4n) is 1.15. The van der Waals surface area contributed by atoms with Crippen LogP contribution in [0.25, 0.3) is 0 Å². The number of hydrogen-bond acceptors (Lipinski definition) is 4. The van der Waals surface area contributed by atoms with Gasteiger partial charge in [-0.15, -0.1) is 0 Å². The predicted molar refractivity (Wildman–Crippen MR) is 67.2 cm³/mol. The molecule has 1 unspecified atom stereocenters. The van der Waals surface area contributed by atoms with E-state index in [4.69, 9.17) is 5.11 Å². The molecular weight excluding hydrogens is 258 g/mol. The Bertz CT molecular complexity index is 478. The number of urea groups is 1. The summed E-state index contributed by atoms with van der Waals surface area (Å²) in [5.41, 5.74) is -0.119. The highest BCUT2D eigenvalue weighted by atomic mass is 32.2. The van der Waals surface area contributed by atoms with Crippen molar-refractivity contribution in [1.29, 1.82) is 0 Å². The number of pyridine rings is 1. The van der Waals surface area contributed by atoms with E-state index in [1.54, 1.807) is 0 Å². The van der Waals surface area contributed by atoms with E-state index < -0.39 is 22.8 Å². The lowest BCUT2D eigenvalue weighted by molar-refractivity contribution is 0.0691. The first-order valence-corrected chi connectivity index (χ1v) is 6.76. The van der Waals surface area contributed by atoms with Crippen LogP contribution in [0.5, 0.6) is 0 Å². The summed E-state index contributed by atoms with van der Waals surface area (Å²) in [6.07, 6.45) is 2.86. The number of anilines is 1. The lowest BCUT2D eigenvalue weighted by Crippen LogP contribution is -2.32. The monoisotopic (exact) mass is 271 g/mol. The van der Waals surface area contributed by atoms with Crippen LogP contribution >= 0.6 is 0 Å². The molecule has 98 valence electrons. The summed E-state index contributed by atoms with van der Waals surface area (Å²) >= 11 is 0. The van der Waals surface area contributed by atoms with Gasteiger partial charge in [-0.05, 0) is 12.1 Å². The third-order valence-electron chi connectivity index (χ3n) is 1.93. The standard InChI is InChI=1S/C10H13N3O4S/c1-18(17)6-5-12-10(16)13-7-3-2-4-11-8(7)9(14)15/h2-4H,5-6H2,1H3,(H,14,15)(H2,12,13,16). The van der Waals surface area contributed by atoms with Gasteiger partial charge in [0.2, 0.25) is 0 Å². The first-order chi connectivity index (χ1) is 8.50. The van der Waals surface area contributed by atoms with Crippen LogP contribution in [0.2, 0.25) is 0 Å². The molecule has 0 spiro atoms. The molecular formula is C10H13N3O4S. The summed E-state index contributed by atoms with van der Waals surface area (Å²) < 4.78 is 10.8. The first kappa shape index (κ1) is 14.1. The zero-order valence-corrected chi connectivity index (χ0v) is 10.5. The SMILES string of the molecule is CS(=O)CCNC(=O)Nc1cccnc1C(=O)O. The van der Waals surface area contributed by atoms with Gasteiger partial charge < -0.3 is 15.7 Å². The van der Waals surface area contributed by atoms with Gasteiger partial charge in [0.15, 0.2) is 5.69 Å². The van der Waals surface area contributed by atoms with Crippen LogP contribution in [0.15, 0.2) is 18.3 Å². The van der Waals surface area contributed by atoms with Crippen molar-refractivity contribution in [1.82, 2.24) is 10.3 Å². The Hall–Kier alpha value is -1.96. The van der Waals surface area contributed by atoms with E-state index in [1.807, 2.05) is 0 Å². The zero-order chi connectivity index (χ0) is 13.5.